The zero-order chi connectivity index (χ0) is 29.7. The van der Waals surface area contributed by atoms with Crippen molar-refractivity contribution in [3.05, 3.63) is 181 Å². The third kappa shape index (κ3) is 5.00. The van der Waals surface area contributed by atoms with E-state index in [9.17, 15) is 0 Å². The highest BCUT2D eigenvalue weighted by atomic mass is 28.3. The molecule has 0 spiro atoms. The van der Waals surface area contributed by atoms with E-state index in [1.54, 1.807) is 10.4 Å². The van der Waals surface area contributed by atoms with E-state index in [1.165, 1.54) is 28.4 Å². The van der Waals surface area contributed by atoms with Gasteiger partial charge in [-0.2, -0.15) is 0 Å². The summed E-state index contributed by atoms with van der Waals surface area (Å²) in [5.41, 5.74) is 1.62. The van der Waals surface area contributed by atoms with Crippen LogP contribution in [0.1, 0.15) is 32.1 Å². The van der Waals surface area contributed by atoms with Crippen molar-refractivity contribution < 1.29 is 0 Å². The molecule has 0 saturated carbocycles. The van der Waals surface area contributed by atoms with Gasteiger partial charge in [0.05, 0.1) is 0 Å². The molecule has 0 heterocycles. The third-order valence-electron chi connectivity index (χ3n) is 10.6. The highest BCUT2D eigenvalue weighted by Crippen LogP contribution is 2.52. The Bertz CT molecular complexity index is 1590. The first-order chi connectivity index (χ1) is 21.8. The number of allylic oxidation sites excluding steroid dienone is 10. The average molecular weight is 603 g/mol. The first kappa shape index (κ1) is 28.8. The average Bonchev–Trinajstić information content (AvgIpc) is 3.12. The van der Waals surface area contributed by atoms with Gasteiger partial charge in [-0.3, -0.25) is 0 Å². The molecule has 0 aliphatic heterocycles. The van der Waals surface area contributed by atoms with Crippen LogP contribution in [0.2, 0.25) is 16.6 Å². The van der Waals surface area contributed by atoms with Crippen LogP contribution in [0.15, 0.2) is 181 Å². The van der Waals surface area contributed by atoms with E-state index in [-0.39, 0.29) is 0 Å². The van der Waals surface area contributed by atoms with Crippen molar-refractivity contribution in [3.63, 3.8) is 0 Å². The summed E-state index contributed by atoms with van der Waals surface area (Å²) >= 11 is 0. The maximum Gasteiger partial charge on any atom is 0.154 e. The highest BCUT2D eigenvalue weighted by Gasteiger charge is 2.54. The lowest BCUT2D eigenvalue weighted by molar-refractivity contribution is 0.679. The van der Waals surface area contributed by atoms with E-state index in [1.807, 2.05) is 0 Å². The van der Waals surface area contributed by atoms with Crippen LogP contribution in [0.25, 0.3) is 0 Å². The summed E-state index contributed by atoms with van der Waals surface area (Å²) in [6.07, 6.45) is 28.0. The van der Waals surface area contributed by atoms with Crippen LogP contribution >= 0.6 is 0 Å². The molecule has 3 aliphatic carbocycles. The largest absolute Gasteiger partial charge is 0.154 e. The Kier molecular flexibility index (Phi) is 8.46. The van der Waals surface area contributed by atoms with Crippen LogP contribution in [0.4, 0.5) is 0 Å². The molecular weight excluding hydrogens is 561 g/mol. The number of hydrogen-bond donors (Lipinski definition) is 0. The van der Waals surface area contributed by atoms with E-state index in [2.05, 4.69) is 176 Å². The Morgan fingerprint density at radius 1 is 0.477 bits per heavy atom. The van der Waals surface area contributed by atoms with Gasteiger partial charge in [-0.15, -0.1) is 0 Å². The van der Waals surface area contributed by atoms with Gasteiger partial charge in [0, 0.05) is 0 Å². The Balaban J connectivity index is 1.46. The van der Waals surface area contributed by atoms with E-state index < -0.39 is 16.1 Å². The van der Waals surface area contributed by atoms with Crippen LogP contribution in [-0.2, 0) is 0 Å². The molecule has 4 aromatic rings. The Morgan fingerprint density at radius 2 is 1.05 bits per heavy atom. The first-order valence-corrected chi connectivity index (χ1v) is 20.7. The molecule has 0 amide bonds. The molecule has 44 heavy (non-hydrogen) atoms. The molecule has 7 rings (SSSR count). The number of rotatable bonds is 8. The topological polar surface area (TPSA) is 0 Å². The van der Waals surface area contributed by atoms with Crippen molar-refractivity contribution in [2.75, 3.05) is 0 Å². The summed E-state index contributed by atoms with van der Waals surface area (Å²) in [5, 5.41) is 7.92. The molecule has 0 nitrogen and oxygen atoms in total. The maximum atomic E-state index is 2.64. The normalized spacial score (nSPS) is 22.7. The van der Waals surface area contributed by atoms with Crippen molar-refractivity contribution in [2.24, 2.45) is 0 Å². The Morgan fingerprint density at radius 3 is 1.55 bits per heavy atom. The second-order valence-electron chi connectivity index (χ2n) is 12.7. The minimum atomic E-state index is -2.47. The Labute approximate surface area is 265 Å². The van der Waals surface area contributed by atoms with Gasteiger partial charge in [-0.25, -0.2) is 0 Å². The molecule has 0 radical (unpaired) electrons. The Hall–Kier alpha value is -3.99. The van der Waals surface area contributed by atoms with Gasteiger partial charge in [-0.1, -0.05) is 186 Å². The van der Waals surface area contributed by atoms with E-state index in [0.29, 0.717) is 16.6 Å². The van der Waals surface area contributed by atoms with Crippen molar-refractivity contribution in [1.29, 1.82) is 0 Å². The minimum absolute atomic E-state index is 0.451. The molecule has 3 aliphatic rings. The second-order valence-corrected chi connectivity index (χ2v) is 21.3. The van der Waals surface area contributed by atoms with Crippen LogP contribution in [0.3, 0.4) is 0 Å². The van der Waals surface area contributed by atoms with Gasteiger partial charge in [0.2, 0.25) is 0 Å². The molecular formula is C42H42Si2. The molecule has 218 valence electrons. The van der Waals surface area contributed by atoms with Crippen molar-refractivity contribution in [3.8, 4) is 0 Å². The summed E-state index contributed by atoms with van der Waals surface area (Å²) in [7, 11) is -4.72. The van der Waals surface area contributed by atoms with Gasteiger partial charge >= 0.3 is 0 Å². The van der Waals surface area contributed by atoms with Gasteiger partial charge < -0.3 is 0 Å². The molecule has 0 saturated heterocycles. The summed E-state index contributed by atoms with van der Waals surface area (Å²) in [5.74, 6) is 0. The van der Waals surface area contributed by atoms with Crippen molar-refractivity contribution >= 4 is 36.9 Å². The molecule has 4 unspecified atom stereocenters. The van der Waals surface area contributed by atoms with Crippen LogP contribution in [0, 0.1) is 0 Å². The van der Waals surface area contributed by atoms with E-state index in [0.717, 1.165) is 19.3 Å². The highest BCUT2D eigenvalue weighted by molar-refractivity contribution is 7.12. The predicted molar refractivity (Wildman–Crippen MR) is 195 cm³/mol. The summed E-state index contributed by atoms with van der Waals surface area (Å²) < 4.78 is 0. The fourth-order valence-electron chi connectivity index (χ4n) is 8.84. The molecule has 0 N–H and O–H groups in total. The molecule has 0 bridgehead atoms. The summed E-state index contributed by atoms with van der Waals surface area (Å²) in [6.45, 7) is 0. The van der Waals surface area contributed by atoms with Crippen molar-refractivity contribution in [1.82, 2.24) is 0 Å². The zero-order valence-electron chi connectivity index (χ0n) is 25.5. The fourth-order valence-corrected chi connectivity index (χ4v) is 21.2. The van der Waals surface area contributed by atoms with Gasteiger partial charge in [-0.05, 0) is 64.3 Å². The van der Waals surface area contributed by atoms with Gasteiger partial charge in [0.1, 0.15) is 8.07 Å². The molecule has 2 heteroatoms. The number of benzene rings is 4. The predicted octanol–water partition coefficient (Wildman–Crippen LogP) is 8.31. The first-order valence-electron chi connectivity index (χ1n) is 16.4. The number of hydrogen-bond acceptors (Lipinski definition) is 0. The quantitative estimate of drug-likeness (QED) is 0.108. The zero-order valence-corrected chi connectivity index (χ0v) is 27.5. The van der Waals surface area contributed by atoms with Crippen LogP contribution in [-0.4, -0.2) is 16.1 Å². The third-order valence-corrected chi connectivity index (χ3v) is 22.0. The SMILES string of the molecule is C1=CCCC([Si](c2ccccc2)(C2C=CC=CC2)C2CC=CC([Si](c3ccccc3)(c3ccccc3)c3ccccc3)C2)=C1. The molecule has 0 fully saturated rings. The monoisotopic (exact) mass is 602 g/mol. The molecule has 4 atom stereocenters. The van der Waals surface area contributed by atoms with E-state index in [4.69, 9.17) is 0 Å². The lowest BCUT2D eigenvalue weighted by Crippen LogP contribution is -2.70. The van der Waals surface area contributed by atoms with Crippen LogP contribution in [0.5, 0.6) is 0 Å². The van der Waals surface area contributed by atoms with Gasteiger partial charge in [0.25, 0.3) is 0 Å². The summed E-state index contributed by atoms with van der Waals surface area (Å²) in [6, 6.07) is 46.4. The van der Waals surface area contributed by atoms with E-state index >= 15 is 0 Å². The van der Waals surface area contributed by atoms with Crippen LogP contribution < -0.4 is 20.7 Å². The molecule has 4 aromatic carbocycles. The lowest BCUT2D eigenvalue weighted by Gasteiger charge is -2.51. The second kappa shape index (κ2) is 12.9. The molecule has 0 aromatic heterocycles. The standard InChI is InChI=1S/C42H42Si2/c1-7-20-35(21-8-1)43(36-22-9-2-10-23-36,37-24-11-3-12-25-37)41-32-19-33-42(34-41)44(38-26-13-4-14-27-38,39-28-15-5-16-29-39)40-30-17-6-18-31-40/h1-17,19-28,30,32,39,41-42H,18,29,31,33-34H2. The lowest BCUT2D eigenvalue weighted by atomic mass is 10.1. The smallest absolute Gasteiger partial charge is 0.0885 e. The fraction of sp³-hybridized carbons (Fsp3) is 0.190. The minimum Gasteiger partial charge on any atom is -0.0885 e. The summed E-state index contributed by atoms with van der Waals surface area (Å²) in [4.78, 5) is 0. The van der Waals surface area contributed by atoms with Crippen molar-refractivity contribution in [2.45, 2.75) is 48.7 Å². The maximum absolute atomic E-state index is 2.64. The van der Waals surface area contributed by atoms with Gasteiger partial charge in [0.15, 0.2) is 8.07 Å².